The topological polar surface area (TPSA) is 118 Å². The summed E-state index contributed by atoms with van der Waals surface area (Å²) in [4.78, 5) is 34.7. The summed E-state index contributed by atoms with van der Waals surface area (Å²) in [6.07, 6.45) is 5.95. The fraction of sp³-hybridized carbons (Fsp3) is 0.342. The van der Waals surface area contributed by atoms with Gasteiger partial charge in [-0.25, -0.2) is 9.59 Å². The molecular weight excluding hydrogens is 600 g/mol. The Bertz CT molecular complexity index is 1480. The van der Waals surface area contributed by atoms with Crippen molar-refractivity contribution < 1.29 is 43.2 Å². The Hall–Kier alpha value is -5.07. The molecule has 0 saturated carbocycles. The van der Waals surface area contributed by atoms with Crippen molar-refractivity contribution in [2.75, 3.05) is 33.5 Å². The first kappa shape index (κ1) is 36.4. The molecule has 3 rings (SSSR count). The maximum Gasteiger partial charge on any atom is 0.343 e. The van der Waals surface area contributed by atoms with Crippen LogP contribution in [0.15, 0.2) is 84.9 Å². The van der Waals surface area contributed by atoms with Crippen LogP contribution in [0.3, 0.4) is 0 Å². The molecule has 3 aromatic carbocycles. The Morgan fingerprint density at radius 1 is 0.660 bits per heavy atom. The van der Waals surface area contributed by atoms with Gasteiger partial charge in [0, 0.05) is 24.7 Å². The fourth-order valence-corrected chi connectivity index (χ4v) is 4.23. The fourth-order valence-electron chi connectivity index (χ4n) is 4.23. The molecule has 1 N–H and O–H groups in total. The van der Waals surface area contributed by atoms with Crippen LogP contribution in [0.2, 0.25) is 0 Å². The highest BCUT2D eigenvalue weighted by molar-refractivity contribution is 5.91. The van der Waals surface area contributed by atoms with Crippen molar-refractivity contribution in [1.29, 1.82) is 0 Å². The number of benzene rings is 3. The molecule has 9 heteroatoms. The number of rotatable bonds is 20. The minimum Gasteiger partial charge on any atom is -0.494 e. The third-order valence-corrected chi connectivity index (χ3v) is 6.81. The molecule has 0 aliphatic carbocycles. The normalized spacial score (nSPS) is 10.3. The van der Waals surface area contributed by atoms with Gasteiger partial charge >= 0.3 is 17.9 Å². The van der Waals surface area contributed by atoms with E-state index in [0.717, 1.165) is 55.4 Å². The number of unbranched alkanes of at least 4 members (excludes halogenated alkanes) is 5. The lowest BCUT2D eigenvalue weighted by atomic mass is 10.1. The van der Waals surface area contributed by atoms with E-state index in [-0.39, 0.29) is 13.0 Å². The smallest absolute Gasteiger partial charge is 0.343 e. The van der Waals surface area contributed by atoms with Gasteiger partial charge in [0.25, 0.3) is 0 Å². The van der Waals surface area contributed by atoms with Crippen LogP contribution in [0.25, 0.3) is 0 Å². The minimum atomic E-state index is -0.788. The summed E-state index contributed by atoms with van der Waals surface area (Å²) in [5.41, 5.74) is 2.35. The Balaban J connectivity index is 1.32. The molecule has 0 amide bonds. The lowest BCUT2D eigenvalue weighted by molar-refractivity contribution is -0.140. The van der Waals surface area contributed by atoms with E-state index in [2.05, 4.69) is 18.4 Å². The zero-order chi connectivity index (χ0) is 33.7. The zero-order valence-electron chi connectivity index (χ0n) is 26.8. The van der Waals surface area contributed by atoms with Gasteiger partial charge < -0.3 is 28.8 Å². The summed E-state index contributed by atoms with van der Waals surface area (Å²) in [6, 6.07) is 21.3. The molecule has 0 aliphatic heterocycles. The second kappa shape index (κ2) is 20.9. The van der Waals surface area contributed by atoms with E-state index in [1.165, 1.54) is 7.11 Å². The number of carboxylic acid groups (broad SMARTS) is 1. The van der Waals surface area contributed by atoms with Gasteiger partial charge in [-0.2, -0.15) is 0 Å². The molecule has 0 aliphatic rings. The van der Waals surface area contributed by atoms with Crippen LogP contribution in [-0.2, 0) is 19.1 Å². The Kier molecular flexibility index (Phi) is 16.2. The summed E-state index contributed by atoms with van der Waals surface area (Å²) < 4.78 is 27.0. The van der Waals surface area contributed by atoms with Gasteiger partial charge in [-0.05, 0) is 118 Å². The highest BCUT2D eigenvalue weighted by Gasteiger charge is 2.09. The van der Waals surface area contributed by atoms with Crippen LogP contribution < -0.4 is 14.2 Å². The largest absolute Gasteiger partial charge is 0.494 e. The number of methoxy groups -OCH3 is 1. The molecule has 0 saturated heterocycles. The summed E-state index contributed by atoms with van der Waals surface area (Å²) >= 11 is 0. The standard InChI is InChI=1S/C38H42O9/c1-29(28-43-2)37(41)46-27-8-4-3-7-25-44-33-19-13-30(14-20-33)11-12-31-15-21-35(22-16-31)47-38(42)32-17-23-34(24-18-32)45-26-9-5-6-10-36(39)40/h13-24H,1,3-10,25-28H2,2H3,(H,39,40). The van der Waals surface area contributed by atoms with Crippen LogP contribution >= 0.6 is 0 Å². The highest BCUT2D eigenvalue weighted by Crippen LogP contribution is 2.18. The molecule has 0 heterocycles. The van der Waals surface area contributed by atoms with Crippen molar-refractivity contribution in [3.8, 4) is 29.1 Å². The van der Waals surface area contributed by atoms with E-state index in [4.69, 9.17) is 28.8 Å². The predicted molar refractivity (Wildman–Crippen MR) is 178 cm³/mol. The number of carboxylic acids is 1. The molecule has 0 spiro atoms. The first-order valence-corrected chi connectivity index (χ1v) is 15.7. The van der Waals surface area contributed by atoms with E-state index >= 15 is 0 Å². The van der Waals surface area contributed by atoms with Crippen molar-refractivity contribution in [2.45, 2.75) is 51.4 Å². The number of carbonyl (C=O) groups is 3. The van der Waals surface area contributed by atoms with Crippen molar-refractivity contribution in [3.05, 3.63) is 102 Å². The van der Waals surface area contributed by atoms with Gasteiger partial charge in [-0.1, -0.05) is 18.4 Å². The lowest BCUT2D eigenvalue weighted by Gasteiger charge is -2.08. The van der Waals surface area contributed by atoms with Gasteiger partial charge in [0.15, 0.2) is 0 Å². The molecule has 0 fully saturated rings. The summed E-state index contributed by atoms with van der Waals surface area (Å²) in [5, 5.41) is 8.67. The number of carbonyl (C=O) groups excluding carboxylic acids is 2. The van der Waals surface area contributed by atoms with Crippen molar-refractivity contribution in [1.82, 2.24) is 0 Å². The first-order chi connectivity index (χ1) is 22.8. The second-order valence-electron chi connectivity index (χ2n) is 10.7. The lowest BCUT2D eigenvalue weighted by Crippen LogP contribution is -2.11. The van der Waals surface area contributed by atoms with Gasteiger partial charge in [-0.15, -0.1) is 0 Å². The number of esters is 2. The van der Waals surface area contributed by atoms with Crippen LogP contribution in [-0.4, -0.2) is 56.6 Å². The maximum absolute atomic E-state index is 12.6. The van der Waals surface area contributed by atoms with Gasteiger partial charge in [0.05, 0.1) is 37.6 Å². The van der Waals surface area contributed by atoms with E-state index < -0.39 is 17.9 Å². The molecule has 0 bridgehead atoms. The molecule has 3 aromatic rings. The molecule has 47 heavy (non-hydrogen) atoms. The van der Waals surface area contributed by atoms with Crippen molar-refractivity contribution in [2.24, 2.45) is 0 Å². The van der Waals surface area contributed by atoms with E-state index in [1.54, 1.807) is 48.5 Å². The van der Waals surface area contributed by atoms with Gasteiger partial charge in [-0.3, -0.25) is 4.79 Å². The zero-order valence-corrected chi connectivity index (χ0v) is 26.8. The van der Waals surface area contributed by atoms with Gasteiger partial charge in [0.2, 0.25) is 0 Å². The van der Waals surface area contributed by atoms with Gasteiger partial charge in [0.1, 0.15) is 17.2 Å². The number of ether oxygens (including phenoxy) is 5. The predicted octanol–water partition coefficient (Wildman–Crippen LogP) is 7.01. The molecular formula is C38H42O9. The van der Waals surface area contributed by atoms with E-state index in [0.29, 0.717) is 48.9 Å². The average molecular weight is 643 g/mol. The second-order valence-corrected chi connectivity index (χ2v) is 10.7. The molecule has 0 unspecified atom stereocenters. The summed E-state index contributed by atoms with van der Waals surface area (Å²) in [7, 11) is 1.51. The SMILES string of the molecule is C=C(COC)C(=O)OCCCCCCOc1ccc(C#Cc2ccc(OC(=O)c3ccc(OCCCCCC(=O)O)cc3)cc2)cc1. The molecule has 9 nitrogen and oxygen atoms in total. The molecule has 0 radical (unpaired) electrons. The minimum absolute atomic E-state index is 0.167. The van der Waals surface area contributed by atoms with Crippen molar-refractivity contribution >= 4 is 17.9 Å². The highest BCUT2D eigenvalue weighted by atomic mass is 16.5. The van der Waals surface area contributed by atoms with Crippen LogP contribution in [0.1, 0.15) is 72.9 Å². The van der Waals surface area contributed by atoms with Crippen LogP contribution in [0.5, 0.6) is 17.2 Å². The molecule has 0 aromatic heterocycles. The van der Waals surface area contributed by atoms with Crippen molar-refractivity contribution in [3.63, 3.8) is 0 Å². The van der Waals surface area contributed by atoms with E-state index in [1.807, 2.05) is 24.3 Å². The summed E-state index contributed by atoms with van der Waals surface area (Å²) in [5.74, 6) is 6.40. The van der Waals surface area contributed by atoms with Crippen LogP contribution in [0.4, 0.5) is 0 Å². The number of aliphatic carboxylic acids is 1. The molecule has 0 atom stereocenters. The number of hydrogen-bond donors (Lipinski definition) is 1. The Labute approximate surface area is 276 Å². The molecule has 248 valence electrons. The quantitative estimate of drug-likeness (QED) is 0.0456. The third kappa shape index (κ3) is 14.7. The Morgan fingerprint density at radius 2 is 1.15 bits per heavy atom. The first-order valence-electron chi connectivity index (χ1n) is 15.7. The number of hydrogen-bond acceptors (Lipinski definition) is 8. The summed E-state index contributed by atoms with van der Waals surface area (Å²) in [6.45, 7) is 5.26. The van der Waals surface area contributed by atoms with E-state index in [9.17, 15) is 14.4 Å². The monoisotopic (exact) mass is 642 g/mol. The Morgan fingerprint density at radius 3 is 1.68 bits per heavy atom. The average Bonchev–Trinajstić information content (AvgIpc) is 3.07. The maximum atomic E-state index is 12.6. The third-order valence-electron chi connectivity index (χ3n) is 6.81. The van der Waals surface area contributed by atoms with Crippen LogP contribution in [0, 0.1) is 11.8 Å².